The van der Waals surface area contributed by atoms with Crippen LogP contribution in [0.1, 0.15) is 23.5 Å². The molecule has 3 heterocycles. The summed E-state index contributed by atoms with van der Waals surface area (Å²) in [6.07, 6.45) is 1.12. The van der Waals surface area contributed by atoms with Gasteiger partial charge in [-0.1, -0.05) is 30.3 Å². The van der Waals surface area contributed by atoms with Gasteiger partial charge in [-0.25, -0.2) is 0 Å². The number of esters is 1. The number of methoxy groups -OCH3 is 1. The van der Waals surface area contributed by atoms with Gasteiger partial charge in [0.15, 0.2) is 10.9 Å². The van der Waals surface area contributed by atoms with Crippen LogP contribution in [0.4, 0.5) is 0 Å². The summed E-state index contributed by atoms with van der Waals surface area (Å²) in [4.78, 5) is 39.2. The highest BCUT2D eigenvalue weighted by Crippen LogP contribution is 2.45. The van der Waals surface area contributed by atoms with Crippen molar-refractivity contribution in [3.05, 3.63) is 98.5 Å². The Kier molecular flexibility index (Phi) is 4.89. The molecule has 0 saturated heterocycles. The SMILES string of the molecule is COc1ccc2occ(C3CC(=O)Oc4cc(O)c5c(=O)cc(-c6ccccc6)oc5c43)c(=O)c2c1. The lowest BCUT2D eigenvalue weighted by Gasteiger charge is -2.25. The zero-order valence-corrected chi connectivity index (χ0v) is 18.9. The monoisotopic (exact) mass is 482 g/mol. The quantitative estimate of drug-likeness (QED) is 0.290. The summed E-state index contributed by atoms with van der Waals surface area (Å²) in [7, 11) is 1.49. The lowest BCUT2D eigenvalue weighted by atomic mass is 9.85. The van der Waals surface area contributed by atoms with E-state index in [4.69, 9.17) is 18.3 Å². The van der Waals surface area contributed by atoms with Gasteiger partial charge in [0, 0.05) is 34.7 Å². The summed E-state index contributed by atoms with van der Waals surface area (Å²) in [5.41, 5.74) is 0.719. The molecule has 0 saturated carbocycles. The van der Waals surface area contributed by atoms with Gasteiger partial charge >= 0.3 is 5.97 Å². The van der Waals surface area contributed by atoms with Crippen molar-refractivity contribution in [1.82, 2.24) is 0 Å². The molecule has 0 spiro atoms. The van der Waals surface area contributed by atoms with Crippen LogP contribution in [0.15, 0.2) is 85.4 Å². The fraction of sp³-hybridized carbons (Fsp3) is 0.107. The first kappa shape index (κ1) is 21.7. The van der Waals surface area contributed by atoms with Gasteiger partial charge in [0.1, 0.15) is 39.6 Å². The minimum Gasteiger partial charge on any atom is -0.507 e. The Balaban J connectivity index is 1.66. The largest absolute Gasteiger partial charge is 0.507 e. The highest BCUT2D eigenvalue weighted by molar-refractivity contribution is 5.93. The van der Waals surface area contributed by atoms with E-state index in [0.29, 0.717) is 22.5 Å². The molecular weight excluding hydrogens is 464 g/mol. The molecule has 8 heteroatoms. The van der Waals surface area contributed by atoms with Gasteiger partial charge in [0.2, 0.25) is 0 Å². The van der Waals surface area contributed by atoms with E-state index in [1.165, 1.54) is 25.5 Å². The van der Waals surface area contributed by atoms with Crippen molar-refractivity contribution in [2.24, 2.45) is 0 Å². The van der Waals surface area contributed by atoms with Crippen molar-refractivity contribution in [3.8, 4) is 28.6 Å². The molecule has 0 radical (unpaired) electrons. The van der Waals surface area contributed by atoms with E-state index in [1.54, 1.807) is 42.5 Å². The number of hydrogen-bond acceptors (Lipinski definition) is 8. The van der Waals surface area contributed by atoms with Crippen LogP contribution in [0.3, 0.4) is 0 Å². The van der Waals surface area contributed by atoms with Gasteiger partial charge in [-0.15, -0.1) is 0 Å². The van der Waals surface area contributed by atoms with Crippen LogP contribution in [-0.2, 0) is 4.79 Å². The molecule has 5 aromatic rings. The third-order valence-electron chi connectivity index (χ3n) is 6.36. The minimum atomic E-state index is -0.842. The highest BCUT2D eigenvalue weighted by Gasteiger charge is 2.35. The molecule has 36 heavy (non-hydrogen) atoms. The van der Waals surface area contributed by atoms with Gasteiger partial charge in [0.25, 0.3) is 0 Å². The predicted octanol–water partition coefficient (Wildman–Crippen LogP) is 4.72. The molecule has 1 aliphatic heterocycles. The normalized spacial score (nSPS) is 15.0. The molecule has 1 aliphatic rings. The van der Waals surface area contributed by atoms with Gasteiger partial charge in [-0.3, -0.25) is 14.4 Å². The van der Waals surface area contributed by atoms with Crippen molar-refractivity contribution < 1.29 is 28.2 Å². The lowest BCUT2D eigenvalue weighted by Crippen LogP contribution is -2.25. The van der Waals surface area contributed by atoms with E-state index in [9.17, 15) is 19.5 Å². The van der Waals surface area contributed by atoms with Crippen LogP contribution in [0.25, 0.3) is 33.3 Å². The molecule has 0 fully saturated rings. The highest BCUT2D eigenvalue weighted by atomic mass is 16.5. The van der Waals surface area contributed by atoms with Gasteiger partial charge < -0.3 is 23.4 Å². The second-order valence-corrected chi connectivity index (χ2v) is 8.47. The zero-order chi connectivity index (χ0) is 25.0. The second kappa shape index (κ2) is 8.13. The van der Waals surface area contributed by atoms with E-state index in [1.807, 2.05) is 6.07 Å². The molecule has 8 nitrogen and oxygen atoms in total. The van der Waals surface area contributed by atoms with Crippen LogP contribution < -0.4 is 20.3 Å². The van der Waals surface area contributed by atoms with Crippen molar-refractivity contribution in [2.45, 2.75) is 12.3 Å². The summed E-state index contributed by atoms with van der Waals surface area (Å²) in [6, 6.07) is 16.4. The van der Waals surface area contributed by atoms with E-state index >= 15 is 0 Å². The molecule has 178 valence electrons. The van der Waals surface area contributed by atoms with E-state index in [0.717, 1.165) is 0 Å². The number of phenolic OH excluding ortho intramolecular Hbond substituents is 1. The van der Waals surface area contributed by atoms with Crippen molar-refractivity contribution >= 4 is 27.9 Å². The minimum absolute atomic E-state index is 0.0137. The van der Waals surface area contributed by atoms with Crippen LogP contribution in [-0.4, -0.2) is 18.2 Å². The van der Waals surface area contributed by atoms with Gasteiger partial charge in [-0.05, 0) is 18.2 Å². The molecule has 0 bridgehead atoms. The average Bonchev–Trinajstić information content (AvgIpc) is 2.88. The van der Waals surface area contributed by atoms with Gasteiger partial charge in [-0.2, -0.15) is 0 Å². The molecular formula is C28H18O8. The Labute approximate surface area is 202 Å². The summed E-state index contributed by atoms with van der Waals surface area (Å²) < 4.78 is 22.5. The maximum Gasteiger partial charge on any atom is 0.312 e. The Bertz CT molecular complexity index is 1800. The van der Waals surface area contributed by atoms with Crippen LogP contribution in [0.2, 0.25) is 0 Å². The maximum atomic E-state index is 13.6. The standard InChI is InChI=1S/C28H18O8/c1-33-15-7-8-21-17(9-15)27(32)18(13-34-21)16-10-24(31)35-23-12-20(30)26-19(29)11-22(36-28(26)25(16)23)14-5-3-2-4-6-14/h2-9,11-13,16,30H,10H2,1H3. The first-order chi connectivity index (χ1) is 17.4. The Morgan fingerprint density at radius 1 is 1.00 bits per heavy atom. The molecule has 3 aromatic carbocycles. The number of aromatic hydroxyl groups is 1. The summed E-state index contributed by atoms with van der Waals surface area (Å²) >= 11 is 0. The smallest absolute Gasteiger partial charge is 0.312 e. The maximum absolute atomic E-state index is 13.6. The molecule has 1 atom stereocenters. The fourth-order valence-corrected chi connectivity index (χ4v) is 4.66. The topological polar surface area (TPSA) is 116 Å². The van der Waals surface area contributed by atoms with Crippen LogP contribution in [0.5, 0.6) is 17.2 Å². The number of carbonyl (C=O) groups excluding carboxylic acids is 1. The van der Waals surface area contributed by atoms with E-state index in [2.05, 4.69) is 0 Å². The van der Waals surface area contributed by atoms with Gasteiger partial charge in [0.05, 0.1) is 25.2 Å². The van der Waals surface area contributed by atoms with Crippen LogP contribution in [0, 0.1) is 0 Å². The Morgan fingerprint density at radius 2 is 1.81 bits per heavy atom. The number of rotatable bonds is 3. The third kappa shape index (κ3) is 3.34. The first-order valence-electron chi connectivity index (χ1n) is 11.1. The zero-order valence-electron chi connectivity index (χ0n) is 18.9. The molecule has 2 aromatic heterocycles. The Morgan fingerprint density at radius 3 is 2.58 bits per heavy atom. The van der Waals surface area contributed by atoms with Crippen molar-refractivity contribution in [1.29, 1.82) is 0 Å². The molecule has 6 rings (SSSR count). The van der Waals surface area contributed by atoms with E-state index in [-0.39, 0.29) is 51.0 Å². The lowest BCUT2D eigenvalue weighted by molar-refractivity contribution is -0.135. The number of benzene rings is 3. The summed E-state index contributed by atoms with van der Waals surface area (Å²) in [5, 5.41) is 10.8. The third-order valence-corrected chi connectivity index (χ3v) is 6.36. The predicted molar refractivity (Wildman–Crippen MR) is 131 cm³/mol. The number of phenols is 1. The number of ether oxygens (including phenoxy) is 2. The molecule has 0 aliphatic carbocycles. The second-order valence-electron chi connectivity index (χ2n) is 8.47. The summed E-state index contributed by atoms with van der Waals surface area (Å²) in [6.45, 7) is 0. The molecule has 0 amide bonds. The Hall–Kier alpha value is -4.85. The molecule has 1 unspecified atom stereocenters. The summed E-state index contributed by atoms with van der Waals surface area (Å²) in [5.74, 6) is -1.07. The number of fused-ring (bicyclic) bond motifs is 4. The average molecular weight is 482 g/mol. The number of carbonyl (C=O) groups is 1. The van der Waals surface area contributed by atoms with Crippen LogP contribution >= 0.6 is 0 Å². The van der Waals surface area contributed by atoms with E-state index < -0.39 is 17.3 Å². The van der Waals surface area contributed by atoms with Crippen molar-refractivity contribution in [2.75, 3.05) is 7.11 Å². The number of hydrogen-bond donors (Lipinski definition) is 1. The molecule has 1 N–H and O–H groups in total. The fourth-order valence-electron chi connectivity index (χ4n) is 4.66. The first-order valence-corrected chi connectivity index (χ1v) is 11.1. The van der Waals surface area contributed by atoms with Crippen molar-refractivity contribution in [3.63, 3.8) is 0 Å².